The van der Waals surface area contributed by atoms with Crippen molar-refractivity contribution in [3.63, 3.8) is 0 Å². The zero-order valence-corrected chi connectivity index (χ0v) is 16.3. The van der Waals surface area contributed by atoms with Gasteiger partial charge in [0.05, 0.1) is 7.11 Å². The minimum atomic E-state index is -0.721. The van der Waals surface area contributed by atoms with Crippen molar-refractivity contribution >= 4 is 16.7 Å². The molecule has 0 radical (unpaired) electrons. The Morgan fingerprint density at radius 2 is 1.34 bits per heavy atom. The second kappa shape index (κ2) is 6.89. The first-order chi connectivity index (χ1) is 14.3. The number of hydrogen-bond acceptors (Lipinski definition) is 2. The molecule has 0 aromatic heterocycles. The monoisotopic (exact) mass is 378 g/mol. The molecule has 1 unspecified atom stereocenters. The first-order valence-electron chi connectivity index (χ1n) is 9.95. The minimum absolute atomic E-state index is 0.0193. The van der Waals surface area contributed by atoms with E-state index in [0.29, 0.717) is 0 Å². The van der Waals surface area contributed by atoms with Crippen LogP contribution in [-0.4, -0.2) is 13.1 Å². The molecule has 1 saturated carbocycles. The molecular weight excluding hydrogens is 356 g/mol. The summed E-state index contributed by atoms with van der Waals surface area (Å²) < 4.78 is 5.41. The molecule has 2 nitrogen and oxygen atoms in total. The highest BCUT2D eigenvalue weighted by Crippen LogP contribution is 2.71. The van der Waals surface area contributed by atoms with Crippen molar-refractivity contribution in [2.45, 2.75) is 17.3 Å². The van der Waals surface area contributed by atoms with E-state index in [1.807, 2.05) is 36.4 Å². The van der Waals surface area contributed by atoms with Crippen LogP contribution < -0.4 is 0 Å². The number of rotatable bonds is 4. The largest absolute Gasteiger partial charge is 0.468 e. The van der Waals surface area contributed by atoms with E-state index in [4.69, 9.17) is 4.74 Å². The zero-order chi connectivity index (χ0) is 19.8. The lowest BCUT2D eigenvalue weighted by Crippen LogP contribution is -2.25. The van der Waals surface area contributed by atoms with Crippen molar-refractivity contribution in [1.82, 2.24) is 0 Å². The van der Waals surface area contributed by atoms with Gasteiger partial charge in [0.15, 0.2) is 0 Å². The topological polar surface area (TPSA) is 26.3 Å². The average molecular weight is 378 g/mol. The Hall–Kier alpha value is -3.39. The maximum atomic E-state index is 13.4. The summed E-state index contributed by atoms with van der Waals surface area (Å²) in [6.07, 6.45) is 0. The van der Waals surface area contributed by atoms with Gasteiger partial charge in [0.2, 0.25) is 0 Å². The molecule has 0 spiro atoms. The number of carbonyl (C=O) groups is 1. The predicted molar refractivity (Wildman–Crippen MR) is 116 cm³/mol. The van der Waals surface area contributed by atoms with Gasteiger partial charge < -0.3 is 4.74 Å². The lowest BCUT2D eigenvalue weighted by Gasteiger charge is -2.17. The first-order valence-corrected chi connectivity index (χ1v) is 9.95. The molecule has 0 aliphatic heterocycles. The molecule has 0 bridgehead atoms. The molecule has 1 aliphatic carbocycles. The number of ether oxygens (including phenoxy) is 1. The molecule has 0 saturated heterocycles. The fraction of sp³-hybridized carbons (Fsp3) is 0.148. The van der Waals surface area contributed by atoms with E-state index in [1.165, 1.54) is 29.0 Å². The normalized spacial score (nSPS) is 22.9. The van der Waals surface area contributed by atoms with E-state index in [0.717, 1.165) is 5.56 Å². The standard InChI is InChI=1S/C27H22O2/c1-29-26(28)27(21-15-6-3-7-16-21)24(20-12-4-2-5-13-20)25(27)23-18-10-14-19-11-8-9-17-22(19)23/h2-18,24-25H,1H3/t24?,25-,27-/m1/s1. The fourth-order valence-corrected chi connectivity index (χ4v) is 5.06. The van der Waals surface area contributed by atoms with E-state index in [9.17, 15) is 4.79 Å². The Morgan fingerprint density at radius 1 is 0.724 bits per heavy atom. The number of methoxy groups -OCH3 is 1. The number of carbonyl (C=O) groups excluding carboxylic acids is 1. The third-order valence-electron chi connectivity index (χ3n) is 6.30. The van der Waals surface area contributed by atoms with Crippen LogP contribution in [0.25, 0.3) is 10.8 Å². The predicted octanol–water partition coefficient (Wildman–Crippen LogP) is 5.83. The van der Waals surface area contributed by atoms with Crippen LogP contribution in [0.3, 0.4) is 0 Å². The zero-order valence-electron chi connectivity index (χ0n) is 16.3. The SMILES string of the molecule is COC(=O)[C@]1(c2ccccc2)C(c2ccccc2)[C@H]1c1cccc2ccccc12. The highest BCUT2D eigenvalue weighted by Gasteiger charge is 2.72. The van der Waals surface area contributed by atoms with E-state index >= 15 is 0 Å². The summed E-state index contributed by atoms with van der Waals surface area (Å²) in [6, 6.07) is 35.2. The summed E-state index contributed by atoms with van der Waals surface area (Å²) in [6.45, 7) is 0. The third-order valence-corrected chi connectivity index (χ3v) is 6.30. The Balaban J connectivity index is 1.78. The smallest absolute Gasteiger partial charge is 0.317 e. The maximum absolute atomic E-state index is 13.4. The van der Waals surface area contributed by atoms with Crippen LogP contribution in [0.15, 0.2) is 103 Å². The molecule has 2 heteroatoms. The van der Waals surface area contributed by atoms with Crippen LogP contribution in [0, 0.1) is 0 Å². The summed E-state index contributed by atoms with van der Waals surface area (Å²) in [5.41, 5.74) is 2.66. The van der Waals surface area contributed by atoms with Gasteiger partial charge in [-0.15, -0.1) is 0 Å². The Morgan fingerprint density at radius 3 is 2.07 bits per heavy atom. The second-order valence-electron chi connectivity index (χ2n) is 7.66. The van der Waals surface area contributed by atoms with Gasteiger partial charge in [0.25, 0.3) is 0 Å². The summed E-state index contributed by atoms with van der Waals surface area (Å²) in [7, 11) is 1.49. The molecular formula is C27H22O2. The van der Waals surface area contributed by atoms with Crippen molar-refractivity contribution in [2.24, 2.45) is 0 Å². The van der Waals surface area contributed by atoms with Gasteiger partial charge >= 0.3 is 5.97 Å². The average Bonchev–Trinajstić information content (AvgIpc) is 3.50. The van der Waals surface area contributed by atoms with Gasteiger partial charge in [0, 0.05) is 11.8 Å². The maximum Gasteiger partial charge on any atom is 0.317 e. The lowest BCUT2D eigenvalue weighted by atomic mass is 9.88. The summed E-state index contributed by atoms with van der Waals surface area (Å²) in [5, 5.41) is 2.39. The van der Waals surface area contributed by atoms with Gasteiger partial charge in [-0.1, -0.05) is 103 Å². The van der Waals surface area contributed by atoms with Crippen molar-refractivity contribution in [3.8, 4) is 0 Å². The molecule has 142 valence electrons. The Bertz CT molecular complexity index is 1160. The molecule has 4 aromatic carbocycles. The van der Waals surface area contributed by atoms with E-state index in [-0.39, 0.29) is 17.8 Å². The van der Waals surface area contributed by atoms with E-state index < -0.39 is 5.41 Å². The lowest BCUT2D eigenvalue weighted by molar-refractivity contribution is -0.144. The molecule has 1 aliphatic rings. The summed E-state index contributed by atoms with van der Waals surface area (Å²) >= 11 is 0. The van der Waals surface area contributed by atoms with Gasteiger partial charge in [0.1, 0.15) is 5.41 Å². The van der Waals surface area contributed by atoms with Gasteiger partial charge in [-0.05, 0) is 27.5 Å². The molecule has 3 atom stereocenters. The quantitative estimate of drug-likeness (QED) is 0.418. The number of hydrogen-bond donors (Lipinski definition) is 0. The van der Waals surface area contributed by atoms with Crippen LogP contribution in [0.4, 0.5) is 0 Å². The number of fused-ring (bicyclic) bond motifs is 1. The first kappa shape index (κ1) is 17.7. The molecule has 0 N–H and O–H groups in total. The highest BCUT2D eigenvalue weighted by atomic mass is 16.5. The van der Waals surface area contributed by atoms with Crippen molar-refractivity contribution in [2.75, 3.05) is 7.11 Å². The molecule has 0 heterocycles. The van der Waals surface area contributed by atoms with Crippen molar-refractivity contribution in [3.05, 3.63) is 120 Å². The third kappa shape index (κ3) is 2.60. The van der Waals surface area contributed by atoms with Crippen molar-refractivity contribution < 1.29 is 9.53 Å². The van der Waals surface area contributed by atoms with Crippen LogP contribution in [0.1, 0.15) is 28.5 Å². The fourth-order valence-electron chi connectivity index (χ4n) is 5.06. The van der Waals surface area contributed by atoms with Crippen LogP contribution >= 0.6 is 0 Å². The Labute approximate surface area is 170 Å². The molecule has 0 amide bonds. The second-order valence-corrected chi connectivity index (χ2v) is 7.66. The molecule has 5 rings (SSSR count). The Kier molecular flexibility index (Phi) is 4.21. The van der Waals surface area contributed by atoms with Crippen LogP contribution in [-0.2, 0) is 14.9 Å². The van der Waals surface area contributed by atoms with Gasteiger partial charge in [-0.25, -0.2) is 0 Å². The minimum Gasteiger partial charge on any atom is -0.468 e. The van der Waals surface area contributed by atoms with Gasteiger partial charge in [-0.3, -0.25) is 4.79 Å². The van der Waals surface area contributed by atoms with Crippen LogP contribution in [0.5, 0.6) is 0 Å². The highest BCUT2D eigenvalue weighted by molar-refractivity contribution is 5.96. The molecule has 29 heavy (non-hydrogen) atoms. The molecule has 4 aromatic rings. The number of benzene rings is 4. The molecule has 1 fully saturated rings. The van der Waals surface area contributed by atoms with Crippen LogP contribution in [0.2, 0.25) is 0 Å². The number of esters is 1. The summed E-state index contributed by atoms with van der Waals surface area (Å²) in [4.78, 5) is 13.4. The van der Waals surface area contributed by atoms with Crippen molar-refractivity contribution in [1.29, 1.82) is 0 Å². The van der Waals surface area contributed by atoms with E-state index in [2.05, 4.69) is 66.7 Å². The van der Waals surface area contributed by atoms with E-state index in [1.54, 1.807) is 0 Å². The van der Waals surface area contributed by atoms with Gasteiger partial charge in [-0.2, -0.15) is 0 Å². The summed E-state index contributed by atoms with van der Waals surface area (Å²) in [5.74, 6) is -0.120.